The zero-order valence-electron chi connectivity index (χ0n) is 12.1. The van der Waals surface area contributed by atoms with Crippen LogP contribution in [-0.2, 0) is 9.59 Å². The first kappa shape index (κ1) is 16.5. The van der Waals surface area contributed by atoms with Gasteiger partial charge < -0.3 is 10.6 Å². The van der Waals surface area contributed by atoms with Crippen LogP contribution in [0.2, 0.25) is 5.02 Å². The third-order valence-corrected chi connectivity index (χ3v) is 3.40. The first-order valence-electron chi connectivity index (χ1n) is 6.74. The van der Waals surface area contributed by atoms with E-state index in [4.69, 9.17) is 11.6 Å². The molecule has 0 saturated carbocycles. The summed E-state index contributed by atoms with van der Waals surface area (Å²) in [5.74, 6) is -0.657. The van der Waals surface area contributed by atoms with Gasteiger partial charge in [0, 0.05) is 6.54 Å². The van der Waals surface area contributed by atoms with Gasteiger partial charge in [0.05, 0.1) is 10.7 Å². The normalized spacial score (nSPS) is 11.0. The lowest BCUT2D eigenvalue weighted by atomic mass is 9.91. The predicted molar refractivity (Wildman–Crippen MR) is 81.8 cm³/mol. The van der Waals surface area contributed by atoms with Crippen LogP contribution in [0.4, 0.5) is 5.69 Å². The van der Waals surface area contributed by atoms with E-state index in [-0.39, 0.29) is 11.8 Å². The van der Waals surface area contributed by atoms with Gasteiger partial charge in [-0.15, -0.1) is 0 Å². The zero-order valence-corrected chi connectivity index (χ0v) is 12.9. The number of rotatable bonds is 6. The van der Waals surface area contributed by atoms with E-state index in [2.05, 4.69) is 10.6 Å². The Balaban J connectivity index is 2.69. The van der Waals surface area contributed by atoms with Gasteiger partial charge in [-0.05, 0) is 32.4 Å². The summed E-state index contributed by atoms with van der Waals surface area (Å²) in [6.45, 7) is 5.82. The molecule has 0 aromatic heterocycles. The van der Waals surface area contributed by atoms with Crippen molar-refractivity contribution in [2.24, 2.45) is 5.41 Å². The minimum atomic E-state index is -1.15. The fourth-order valence-corrected chi connectivity index (χ4v) is 1.73. The average molecular weight is 297 g/mol. The monoisotopic (exact) mass is 296 g/mol. The van der Waals surface area contributed by atoms with Crippen molar-refractivity contribution in [3.05, 3.63) is 29.3 Å². The van der Waals surface area contributed by atoms with Crippen LogP contribution in [0.1, 0.15) is 33.6 Å². The second kappa shape index (κ2) is 7.29. The van der Waals surface area contributed by atoms with Crippen molar-refractivity contribution in [3.8, 4) is 0 Å². The molecule has 1 aromatic carbocycles. The Bertz CT molecular complexity index is 487. The number of hydrogen-bond donors (Lipinski definition) is 2. The van der Waals surface area contributed by atoms with Gasteiger partial charge in [-0.3, -0.25) is 9.59 Å². The molecule has 0 fully saturated rings. The lowest BCUT2D eigenvalue weighted by molar-refractivity contribution is -0.138. The molecular weight excluding hydrogens is 276 g/mol. The summed E-state index contributed by atoms with van der Waals surface area (Å²) in [4.78, 5) is 24.3. The van der Waals surface area contributed by atoms with Gasteiger partial charge in [-0.2, -0.15) is 0 Å². The van der Waals surface area contributed by atoms with Gasteiger partial charge in [0.2, 0.25) is 11.8 Å². The number of para-hydroxylation sites is 1. The minimum Gasteiger partial charge on any atom is -0.355 e. The van der Waals surface area contributed by atoms with E-state index in [1.54, 1.807) is 38.1 Å². The maximum absolute atomic E-state index is 12.2. The molecule has 0 aliphatic carbocycles. The number of nitrogens with one attached hydrogen (secondary N) is 2. The summed E-state index contributed by atoms with van der Waals surface area (Å²) in [6, 6.07) is 6.94. The molecule has 5 heteroatoms. The number of anilines is 1. The Morgan fingerprint density at radius 2 is 1.85 bits per heavy atom. The Labute approximate surface area is 124 Å². The number of carbonyl (C=O) groups is 2. The molecule has 0 bridgehead atoms. The molecule has 2 amide bonds. The van der Waals surface area contributed by atoms with E-state index >= 15 is 0 Å². The first-order chi connectivity index (χ1) is 9.39. The van der Waals surface area contributed by atoms with Crippen LogP contribution in [0.5, 0.6) is 0 Å². The molecule has 1 aromatic rings. The van der Waals surface area contributed by atoms with Crippen LogP contribution in [0.3, 0.4) is 0 Å². The average Bonchev–Trinajstić information content (AvgIpc) is 2.41. The number of unbranched alkanes of at least 4 members (excludes halogenated alkanes) is 1. The van der Waals surface area contributed by atoms with E-state index in [1.807, 2.05) is 6.92 Å². The van der Waals surface area contributed by atoms with Gasteiger partial charge in [0.1, 0.15) is 5.41 Å². The summed E-state index contributed by atoms with van der Waals surface area (Å²) in [5, 5.41) is 5.91. The highest BCUT2D eigenvalue weighted by Gasteiger charge is 2.36. The summed E-state index contributed by atoms with van der Waals surface area (Å²) in [7, 11) is 0. The van der Waals surface area contributed by atoms with Crippen LogP contribution in [-0.4, -0.2) is 18.4 Å². The first-order valence-corrected chi connectivity index (χ1v) is 7.11. The Kier molecular flexibility index (Phi) is 6.02. The third kappa shape index (κ3) is 4.23. The fraction of sp³-hybridized carbons (Fsp3) is 0.467. The van der Waals surface area contributed by atoms with Crippen LogP contribution in [0.15, 0.2) is 24.3 Å². The standard InChI is InChI=1S/C15H21ClN2O2/c1-4-5-10-17-13(19)15(2,3)14(20)18-12-9-7-6-8-11(12)16/h6-9H,4-5,10H2,1-3H3,(H,17,19)(H,18,20). The molecule has 0 aliphatic heterocycles. The summed E-state index contributed by atoms with van der Waals surface area (Å²) in [5.41, 5.74) is -0.638. The molecule has 2 N–H and O–H groups in total. The van der Waals surface area contributed by atoms with Crippen molar-refractivity contribution >= 4 is 29.1 Å². The second-order valence-corrected chi connectivity index (χ2v) is 5.58. The smallest absolute Gasteiger partial charge is 0.239 e. The summed E-state index contributed by atoms with van der Waals surface area (Å²) >= 11 is 5.99. The second-order valence-electron chi connectivity index (χ2n) is 5.17. The molecule has 0 heterocycles. The topological polar surface area (TPSA) is 58.2 Å². The van der Waals surface area contributed by atoms with Gasteiger partial charge in [-0.25, -0.2) is 0 Å². The number of carbonyl (C=O) groups excluding carboxylic acids is 2. The molecule has 110 valence electrons. The lowest BCUT2D eigenvalue weighted by Crippen LogP contribution is -2.45. The maximum atomic E-state index is 12.2. The largest absolute Gasteiger partial charge is 0.355 e. The van der Waals surface area contributed by atoms with Crippen molar-refractivity contribution in [2.45, 2.75) is 33.6 Å². The quantitative estimate of drug-likeness (QED) is 0.625. The highest BCUT2D eigenvalue weighted by molar-refractivity contribution is 6.33. The number of hydrogen-bond acceptors (Lipinski definition) is 2. The highest BCUT2D eigenvalue weighted by Crippen LogP contribution is 2.24. The zero-order chi connectivity index (χ0) is 15.2. The molecule has 0 unspecified atom stereocenters. The number of amides is 2. The van der Waals surface area contributed by atoms with Crippen LogP contribution < -0.4 is 10.6 Å². The Morgan fingerprint density at radius 3 is 2.45 bits per heavy atom. The molecule has 20 heavy (non-hydrogen) atoms. The van der Waals surface area contributed by atoms with Crippen molar-refractivity contribution in [1.82, 2.24) is 5.32 Å². The number of halogens is 1. The van der Waals surface area contributed by atoms with Crippen LogP contribution in [0, 0.1) is 5.41 Å². The van der Waals surface area contributed by atoms with E-state index in [1.165, 1.54) is 0 Å². The van der Waals surface area contributed by atoms with Crippen molar-refractivity contribution < 1.29 is 9.59 Å². The van der Waals surface area contributed by atoms with Gasteiger partial charge in [-0.1, -0.05) is 37.1 Å². The predicted octanol–water partition coefficient (Wildman–Crippen LogP) is 3.22. The van der Waals surface area contributed by atoms with E-state index < -0.39 is 5.41 Å². The van der Waals surface area contributed by atoms with Crippen LogP contribution >= 0.6 is 11.6 Å². The molecular formula is C15H21ClN2O2. The van der Waals surface area contributed by atoms with Crippen molar-refractivity contribution in [2.75, 3.05) is 11.9 Å². The summed E-state index contributed by atoms with van der Waals surface area (Å²) in [6.07, 6.45) is 1.89. The molecule has 1 rings (SSSR count). The molecule has 0 atom stereocenters. The SMILES string of the molecule is CCCCNC(=O)C(C)(C)C(=O)Nc1ccccc1Cl. The van der Waals surface area contributed by atoms with Crippen molar-refractivity contribution in [3.63, 3.8) is 0 Å². The van der Waals surface area contributed by atoms with Crippen LogP contribution in [0.25, 0.3) is 0 Å². The molecule has 0 saturated heterocycles. The molecule has 0 spiro atoms. The third-order valence-electron chi connectivity index (χ3n) is 3.07. The minimum absolute atomic E-state index is 0.282. The lowest BCUT2D eigenvalue weighted by Gasteiger charge is -2.23. The van der Waals surface area contributed by atoms with E-state index in [9.17, 15) is 9.59 Å². The maximum Gasteiger partial charge on any atom is 0.239 e. The van der Waals surface area contributed by atoms with Gasteiger partial charge >= 0.3 is 0 Å². The molecule has 0 radical (unpaired) electrons. The molecule has 4 nitrogen and oxygen atoms in total. The van der Waals surface area contributed by atoms with Gasteiger partial charge in [0.15, 0.2) is 0 Å². The van der Waals surface area contributed by atoms with Crippen molar-refractivity contribution in [1.29, 1.82) is 0 Å². The van der Waals surface area contributed by atoms with E-state index in [0.717, 1.165) is 12.8 Å². The van der Waals surface area contributed by atoms with Gasteiger partial charge in [0.25, 0.3) is 0 Å². The number of benzene rings is 1. The Hall–Kier alpha value is -1.55. The highest BCUT2D eigenvalue weighted by atomic mass is 35.5. The summed E-state index contributed by atoms with van der Waals surface area (Å²) < 4.78 is 0. The fourth-order valence-electron chi connectivity index (χ4n) is 1.54. The van der Waals surface area contributed by atoms with E-state index in [0.29, 0.717) is 17.3 Å². The molecule has 0 aliphatic rings. The Morgan fingerprint density at radius 1 is 1.20 bits per heavy atom.